The molecular formula is C21H22N4O4. The van der Waals surface area contributed by atoms with Crippen LogP contribution in [0.4, 0.5) is 0 Å². The summed E-state index contributed by atoms with van der Waals surface area (Å²) in [6.45, 7) is 1.07. The zero-order valence-electron chi connectivity index (χ0n) is 16.4. The molecule has 0 radical (unpaired) electrons. The van der Waals surface area contributed by atoms with E-state index < -0.39 is 24.5 Å². The van der Waals surface area contributed by atoms with Gasteiger partial charge in [-0.05, 0) is 29.8 Å². The van der Waals surface area contributed by atoms with Crippen LogP contribution in [0, 0.1) is 0 Å². The second kappa shape index (κ2) is 8.55. The fraction of sp³-hybridized carbons (Fsp3) is 0.238. The van der Waals surface area contributed by atoms with E-state index in [9.17, 15) is 14.4 Å². The lowest BCUT2D eigenvalue weighted by atomic mass is 10.1. The van der Waals surface area contributed by atoms with E-state index in [4.69, 9.17) is 4.74 Å². The van der Waals surface area contributed by atoms with Gasteiger partial charge in [0, 0.05) is 19.7 Å². The SMILES string of the molecule is CC(NC(=O)COC(=O)c1cc(-c2ccc3ccccc3c2)n[nH]1)C(=O)N(C)C. The van der Waals surface area contributed by atoms with Crippen molar-refractivity contribution in [3.05, 3.63) is 54.2 Å². The highest BCUT2D eigenvalue weighted by Crippen LogP contribution is 2.23. The molecule has 1 atom stereocenters. The summed E-state index contributed by atoms with van der Waals surface area (Å²) in [4.78, 5) is 37.2. The fourth-order valence-electron chi connectivity index (χ4n) is 2.86. The summed E-state index contributed by atoms with van der Waals surface area (Å²) >= 11 is 0. The standard InChI is InChI=1S/C21H22N4O4/c1-13(20(27)25(2)3)22-19(26)12-29-21(28)18-11-17(23-24-18)16-9-8-14-6-4-5-7-15(14)10-16/h4-11,13H,12H2,1-3H3,(H,22,26)(H,23,24). The summed E-state index contributed by atoms with van der Waals surface area (Å²) < 4.78 is 5.00. The van der Waals surface area contributed by atoms with Gasteiger partial charge in [0.25, 0.3) is 5.91 Å². The smallest absolute Gasteiger partial charge is 0.356 e. The Morgan fingerprint density at radius 1 is 1.10 bits per heavy atom. The van der Waals surface area contributed by atoms with Gasteiger partial charge in [0.1, 0.15) is 11.7 Å². The summed E-state index contributed by atoms with van der Waals surface area (Å²) in [5.41, 5.74) is 1.59. The number of carbonyl (C=O) groups excluding carboxylic acids is 3. The Morgan fingerprint density at radius 3 is 2.55 bits per heavy atom. The maximum absolute atomic E-state index is 12.2. The minimum absolute atomic E-state index is 0.137. The quantitative estimate of drug-likeness (QED) is 0.622. The molecule has 8 heteroatoms. The van der Waals surface area contributed by atoms with E-state index in [0.29, 0.717) is 5.69 Å². The van der Waals surface area contributed by atoms with Crippen molar-refractivity contribution in [3.8, 4) is 11.3 Å². The highest BCUT2D eigenvalue weighted by molar-refractivity contribution is 5.92. The number of ether oxygens (including phenoxy) is 1. The van der Waals surface area contributed by atoms with Crippen molar-refractivity contribution in [1.82, 2.24) is 20.4 Å². The molecule has 0 fully saturated rings. The minimum Gasteiger partial charge on any atom is -0.451 e. The van der Waals surface area contributed by atoms with Crippen molar-refractivity contribution in [2.45, 2.75) is 13.0 Å². The summed E-state index contributed by atoms with van der Waals surface area (Å²) in [5, 5.41) is 11.4. The Labute approximate surface area is 167 Å². The van der Waals surface area contributed by atoms with Crippen LogP contribution in [0.15, 0.2) is 48.5 Å². The predicted octanol–water partition coefficient (Wildman–Crippen LogP) is 1.98. The molecule has 2 amide bonds. The largest absolute Gasteiger partial charge is 0.451 e. The first-order chi connectivity index (χ1) is 13.8. The highest BCUT2D eigenvalue weighted by Gasteiger charge is 2.19. The van der Waals surface area contributed by atoms with Crippen molar-refractivity contribution >= 4 is 28.6 Å². The van der Waals surface area contributed by atoms with Crippen LogP contribution in [0.5, 0.6) is 0 Å². The van der Waals surface area contributed by atoms with Gasteiger partial charge in [0.05, 0.1) is 5.69 Å². The van der Waals surface area contributed by atoms with Gasteiger partial charge in [-0.25, -0.2) is 4.79 Å². The van der Waals surface area contributed by atoms with Crippen LogP contribution in [0.1, 0.15) is 17.4 Å². The van der Waals surface area contributed by atoms with Crippen LogP contribution >= 0.6 is 0 Å². The molecule has 0 aliphatic carbocycles. The fourth-order valence-corrected chi connectivity index (χ4v) is 2.86. The van der Waals surface area contributed by atoms with Gasteiger partial charge >= 0.3 is 5.97 Å². The number of esters is 1. The first kappa shape index (κ1) is 20.1. The molecule has 1 heterocycles. The molecule has 0 spiro atoms. The molecule has 0 bridgehead atoms. The molecule has 29 heavy (non-hydrogen) atoms. The van der Waals surface area contributed by atoms with E-state index in [2.05, 4.69) is 15.5 Å². The molecule has 8 nitrogen and oxygen atoms in total. The molecule has 2 aromatic carbocycles. The number of benzene rings is 2. The summed E-state index contributed by atoms with van der Waals surface area (Å²) in [7, 11) is 3.19. The lowest BCUT2D eigenvalue weighted by Crippen LogP contribution is -2.45. The van der Waals surface area contributed by atoms with Crippen LogP contribution in [0.25, 0.3) is 22.0 Å². The topological polar surface area (TPSA) is 104 Å². The molecule has 1 unspecified atom stereocenters. The maximum Gasteiger partial charge on any atom is 0.356 e. The second-order valence-corrected chi connectivity index (χ2v) is 6.83. The molecule has 2 N–H and O–H groups in total. The van der Waals surface area contributed by atoms with Gasteiger partial charge in [0.2, 0.25) is 5.91 Å². The van der Waals surface area contributed by atoms with Gasteiger partial charge in [-0.1, -0.05) is 36.4 Å². The van der Waals surface area contributed by atoms with Crippen LogP contribution < -0.4 is 5.32 Å². The number of hydrogen-bond acceptors (Lipinski definition) is 5. The molecule has 1 aromatic heterocycles. The van der Waals surface area contributed by atoms with Crippen molar-refractivity contribution in [1.29, 1.82) is 0 Å². The van der Waals surface area contributed by atoms with Gasteiger partial charge in [-0.3, -0.25) is 14.7 Å². The second-order valence-electron chi connectivity index (χ2n) is 6.83. The number of carbonyl (C=O) groups is 3. The normalized spacial score (nSPS) is 11.7. The third kappa shape index (κ3) is 4.78. The number of amides is 2. The van der Waals surface area contributed by atoms with Crippen molar-refractivity contribution < 1.29 is 19.1 Å². The molecule has 0 aliphatic rings. The zero-order chi connectivity index (χ0) is 21.0. The van der Waals surface area contributed by atoms with Crippen LogP contribution in [0.3, 0.4) is 0 Å². The number of rotatable bonds is 6. The molecule has 0 aliphatic heterocycles. The van der Waals surface area contributed by atoms with E-state index in [1.165, 1.54) is 4.90 Å². The number of likely N-dealkylation sites (N-methyl/N-ethyl adjacent to an activating group) is 1. The molecule has 0 saturated heterocycles. The zero-order valence-corrected chi connectivity index (χ0v) is 16.4. The van der Waals surface area contributed by atoms with E-state index in [1.807, 2.05) is 42.5 Å². The molecule has 150 valence electrons. The van der Waals surface area contributed by atoms with Gasteiger partial charge in [-0.2, -0.15) is 5.10 Å². The first-order valence-electron chi connectivity index (χ1n) is 9.07. The van der Waals surface area contributed by atoms with Crippen LogP contribution in [0.2, 0.25) is 0 Å². The Balaban J connectivity index is 1.60. The highest BCUT2D eigenvalue weighted by atomic mass is 16.5. The predicted molar refractivity (Wildman–Crippen MR) is 108 cm³/mol. The Kier molecular flexibility index (Phi) is 5.92. The average Bonchev–Trinajstić information content (AvgIpc) is 3.21. The van der Waals surface area contributed by atoms with E-state index in [-0.39, 0.29) is 11.6 Å². The van der Waals surface area contributed by atoms with Gasteiger partial charge < -0.3 is 15.0 Å². The summed E-state index contributed by atoms with van der Waals surface area (Å²) in [6.07, 6.45) is 0. The minimum atomic E-state index is -0.706. The first-order valence-corrected chi connectivity index (χ1v) is 9.07. The lowest BCUT2D eigenvalue weighted by molar-refractivity contribution is -0.134. The number of nitrogens with zero attached hydrogens (tertiary/aromatic N) is 2. The van der Waals surface area contributed by atoms with Gasteiger partial charge in [0.15, 0.2) is 6.61 Å². The maximum atomic E-state index is 12.2. The number of nitrogens with one attached hydrogen (secondary N) is 2. The number of hydrogen-bond donors (Lipinski definition) is 2. The molecule has 3 rings (SSSR count). The van der Waals surface area contributed by atoms with Crippen molar-refractivity contribution in [2.75, 3.05) is 20.7 Å². The van der Waals surface area contributed by atoms with Crippen molar-refractivity contribution in [3.63, 3.8) is 0 Å². The number of aromatic nitrogens is 2. The van der Waals surface area contributed by atoms with Gasteiger partial charge in [-0.15, -0.1) is 0 Å². The Hall–Kier alpha value is -3.68. The van der Waals surface area contributed by atoms with E-state index in [1.54, 1.807) is 27.1 Å². The molecule has 0 saturated carbocycles. The molecular weight excluding hydrogens is 372 g/mol. The monoisotopic (exact) mass is 394 g/mol. The third-order valence-corrected chi connectivity index (χ3v) is 4.37. The number of aromatic amines is 1. The number of H-pyrrole nitrogens is 1. The number of fused-ring (bicyclic) bond motifs is 1. The van der Waals surface area contributed by atoms with Crippen molar-refractivity contribution in [2.24, 2.45) is 0 Å². The van der Waals surface area contributed by atoms with Crippen LogP contribution in [-0.2, 0) is 14.3 Å². The Morgan fingerprint density at radius 2 is 1.83 bits per heavy atom. The Bertz CT molecular complexity index is 1060. The summed E-state index contributed by atoms with van der Waals surface area (Å²) in [6, 6.07) is 14.7. The third-order valence-electron chi connectivity index (χ3n) is 4.37. The summed E-state index contributed by atoms with van der Waals surface area (Å²) in [5.74, 6) is -1.51. The lowest BCUT2D eigenvalue weighted by Gasteiger charge is -2.17. The van der Waals surface area contributed by atoms with Crippen LogP contribution in [-0.4, -0.2) is 59.6 Å². The molecule has 3 aromatic rings. The van der Waals surface area contributed by atoms with E-state index in [0.717, 1.165) is 16.3 Å². The average molecular weight is 394 g/mol. The van der Waals surface area contributed by atoms with E-state index >= 15 is 0 Å².